The van der Waals surface area contributed by atoms with E-state index in [0.29, 0.717) is 18.9 Å². The smallest absolute Gasteiger partial charge is 0.286 e. The standard InChI is InChI=1S/C27H28F2N4O3/c1-16-4-5-19(31-26(35)17-8-9-30-23(10-17)27(2,28)29)13-22(16)18-11-24(32(3)25(34)12-18)33-20-6-7-21(33)15-36-14-20/h4-5,8-13,20-21H,6-7,14-15H2,1-3H3,(H,31,35). The zero-order valence-electron chi connectivity index (χ0n) is 20.4. The molecule has 1 aromatic carbocycles. The van der Waals surface area contributed by atoms with E-state index >= 15 is 0 Å². The number of carbonyl (C=O) groups is 1. The maximum Gasteiger partial charge on any atom is 0.286 e. The molecular weight excluding hydrogens is 466 g/mol. The van der Waals surface area contributed by atoms with Crippen molar-refractivity contribution in [3.05, 3.63) is 75.8 Å². The Bertz CT molecular complexity index is 1370. The molecule has 0 spiro atoms. The third-order valence-corrected chi connectivity index (χ3v) is 7.02. The number of fused-ring (bicyclic) bond motifs is 2. The summed E-state index contributed by atoms with van der Waals surface area (Å²) >= 11 is 0. The monoisotopic (exact) mass is 494 g/mol. The number of nitrogens with one attached hydrogen (secondary N) is 1. The molecule has 36 heavy (non-hydrogen) atoms. The minimum atomic E-state index is -3.15. The molecule has 2 unspecified atom stereocenters. The first-order chi connectivity index (χ1) is 17.1. The van der Waals surface area contributed by atoms with E-state index in [1.54, 1.807) is 29.8 Å². The minimum Gasteiger partial charge on any atom is -0.377 e. The second kappa shape index (κ2) is 9.13. The number of carbonyl (C=O) groups excluding carboxylic acids is 1. The molecule has 4 heterocycles. The number of morpholine rings is 1. The number of pyridine rings is 2. The summed E-state index contributed by atoms with van der Waals surface area (Å²) in [6.07, 6.45) is 3.26. The average molecular weight is 495 g/mol. The lowest BCUT2D eigenvalue weighted by molar-refractivity contribution is 0.0127. The molecule has 0 radical (unpaired) electrons. The Balaban J connectivity index is 1.47. The van der Waals surface area contributed by atoms with Gasteiger partial charge in [0.25, 0.3) is 17.4 Å². The largest absolute Gasteiger partial charge is 0.377 e. The molecule has 2 saturated heterocycles. The average Bonchev–Trinajstić information content (AvgIpc) is 3.08. The summed E-state index contributed by atoms with van der Waals surface area (Å²) in [4.78, 5) is 31.7. The van der Waals surface area contributed by atoms with Gasteiger partial charge in [0.05, 0.1) is 25.3 Å². The molecule has 188 valence electrons. The predicted molar refractivity (Wildman–Crippen MR) is 134 cm³/mol. The van der Waals surface area contributed by atoms with Crippen LogP contribution < -0.4 is 15.8 Å². The summed E-state index contributed by atoms with van der Waals surface area (Å²) in [6, 6.07) is 12.0. The van der Waals surface area contributed by atoms with Crippen LogP contribution in [0.2, 0.25) is 0 Å². The Hall–Kier alpha value is -3.59. The van der Waals surface area contributed by atoms with Crippen molar-refractivity contribution in [3.8, 4) is 11.1 Å². The summed E-state index contributed by atoms with van der Waals surface area (Å²) in [7, 11) is 1.78. The van der Waals surface area contributed by atoms with E-state index in [-0.39, 0.29) is 23.2 Å². The third-order valence-electron chi connectivity index (χ3n) is 7.02. The van der Waals surface area contributed by atoms with Crippen LogP contribution in [-0.4, -0.2) is 40.8 Å². The van der Waals surface area contributed by atoms with Gasteiger partial charge in [0.1, 0.15) is 11.5 Å². The first kappa shape index (κ1) is 24.1. The van der Waals surface area contributed by atoms with Gasteiger partial charge in [0, 0.05) is 37.5 Å². The number of aromatic nitrogens is 2. The number of benzene rings is 1. The Morgan fingerprint density at radius 1 is 1.11 bits per heavy atom. The van der Waals surface area contributed by atoms with Gasteiger partial charge in [-0.05, 0) is 66.8 Å². The van der Waals surface area contributed by atoms with Crippen LogP contribution in [-0.2, 0) is 17.7 Å². The highest BCUT2D eigenvalue weighted by molar-refractivity contribution is 6.04. The summed E-state index contributed by atoms with van der Waals surface area (Å²) in [5.41, 5.74) is 2.50. The van der Waals surface area contributed by atoms with Crippen molar-refractivity contribution in [2.45, 2.75) is 44.7 Å². The highest BCUT2D eigenvalue weighted by Crippen LogP contribution is 2.36. The second-order valence-corrected chi connectivity index (χ2v) is 9.63. The molecule has 2 bridgehead atoms. The normalized spacial score (nSPS) is 19.4. The van der Waals surface area contributed by atoms with Gasteiger partial charge in [-0.25, -0.2) is 0 Å². The fourth-order valence-corrected chi connectivity index (χ4v) is 5.05. The van der Waals surface area contributed by atoms with Crippen LogP contribution in [0.5, 0.6) is 0 Å². The lowest BCUT2D eigenvalue weighted by Gasteiger charge is -2.37. The van der Waals surface area contributed by atoms with Gasteiger partial charge in [0.2, 0.25) is 0 Å². The molecule has 2 atom stereocenters. The van der Waals surface area contributed by atoms with Crippen molar-refractivity contribution in [3.63, 3.8) is 0 Å². The fraction of sp³-hybridized carbons (Fsp3) is 0.370. The SMILES string of the molecule is Cc1ccc(NC(=O)c2ccnc(C(C)(F)F)c2)cc1-c1cc(N2C3CCC2COC3)n(C)c(=O)c1. The van der Waals surface area contributed by atoms with E-state index in [4.69, 9.17) is 4.74 Å². The quantitative estimate of drug-likeness (QED) is 0.566. The lowest BCUT2D eigenvalue weighted by Crippen LogP contribution is -2.47. The van der Waals surface area contributed by atoms with Gasteiger partial charge < -0.3 is 15.0 Å². The number of ether oxygens (including phenoxy) is 1. The van der Waals surface area contributed by atoms with Crippen LogP contribution in [0.25, 0.3) is 11.1 Å². The van der Waals surface area contributed by atoms with Gasteiger partial charge in [0.15, 0.2) is 0 Å². The molecule has 1 amide bonds. The van der Waals surface area contributed by atoms with Gasteiger partial charge in [-0.15, -0.1) is 0 Å². The van der Waals surface area contributed by atoms with Crippen LogP contribution in [0.1, 0.15) is 41.4 Å². The van der Waals surface area contributed by atoms with E-state index in [0.717, 1.165) is 48.3 Å². The number of amides is 1. The Labute approximate surface area is 207 Å². The number of anilines is 2. The highest BCUT2D eigenvalue weighted by Gasteiger charge is 2.38. The molecule has 2 aromatic heterocycles. The van der Waals surface area contributed by atoms with Crippen molar-refractivity contribution >= 4 is 17.4 Å². The molecule has 2 fully saturated rings. The number of rotatable bonds is 5. The van der Waals surface area contributed by atoms with E-state index in [1.165, 1.54) is 12.3 Å². The third kappa shape index (κ3) is 4.51. The first-order valence-corrected chi connectivity index (χ1v) is 12.0. The number of hydrogen-bond acceptors (Lipinski definition) is 5. The summed E-state index contributed by atoms with van der Waals surface area (Å²) in [6.45, 7) is 3.98. The van der Waals surface area contributed by atoms with Crippen LogP contribution in [0, 0.1) is 6.92 Å². The zero-order valence-corrected chi connectivity index (χ0v) is 20.4. The number of nitrogens with zero attached hydrogens (tertiary/aromatic N) is 3. The molecule has 0 aliphatic carbocycles. The van der Waals surface area contributed by atoms with Crippen molar-refractivity contribution in [2.24, 2.45) is 7.05 Å². The molecule has 5 rings (SSSR count). The van der Waals surface area contributed by atoms with Gasteiger partial charge >= 0.3 is 0 Å². The van der Waals surface area contributed by atoms with Crippen LogP contribution >= 0.6 is 0 Å². The molecule has 0 saturated carbocycles. The summed E-state index contributed by atoms with van der Waals surface area (Å²) in [5.74, 6) is -2.82. The number of aryl methyl sites for hydroxylation is 1. The van der Waals surface area contributed by atoms with Gasteiger partial charge in [-0.2, -0.15) is 8.78 Å². The van der Waals surface area contributed by atoms with E-state index in [9.17, 15) is 18.4 Å². The molecule has 7 nitrogen and oxygen atoms in total. The van der Waals surface area contributed by atoms with E-state index < -0.39 is 17.5 Å². The lowest BCUT2D eigenvalue weighted by atomic mass is 10.00. The Morgan fingerprint density at radius 2 is 1.83 bits per heavy atom. The molecule has 2 aliphatic heterocycles. The minimum absolute atomic E-state index is 0.0855. The van der Waals surface area contributed by atoms with Gasteiger partial charge in [-0.1, -0.05) is 6.07 Å². The van der Waals surface area contributed by atoms with E-state index in [2.05, 4.69) is 15.2 Å². The molecule has 9 heteroatoms. The van der Waals surface area contributed by atoms with Crippen molar-refractivity contribution in [2.75, 3.05) is 23.4 Å². The molecule has 3 aromatic rings. The zero-order chi connectivity index (χ0) is 25.6. The molecule has 2 aliphatic rings. The Kier molecular flexibility index (Phi) is 6.12. The first-order valence-electron chi connectivity index (χ1n) is 12.0. The maximum atomic E-state index is 13.7. The van der Waals surface area contributed by atoms with Crippen molar-refractivity contribution in [1.29, 1.82) is 0 Å². The van der Waals surface area contributed by atoms with Crippen LogP contribution in [0.3, 0.4) is 0 Å². The fourth-order valence-electron chi connectivity index (χ4n) is 5.05. The van der Waals surface area contributed by atoms with Crippen molar-refractivity contribution < 1.29 is 18.3 Å². The number of alkyl halides is 2. The summed E-state index contributed by atoms with van der Waals surface area (Å²) < 4.78 is 34.7. The number of halogens is 2. The Morgan fingerprint density at radius 3 is 2.53 bits per heavy atom. The van der Waals surface area contributed by atoms with Crippen LogP contribution in [0.4, 0.5) is 20.3 Å². The predicted octanol–water partition coefficient (Wildman–Crippen LogP) is 4.49. The van der Waals surface area contributed by atoms with Crippen LogP contribution in [0.15, 0.2) is 53.5 Å². The topological polar surface area (TPSA) is 76.5 Å². The summed E-state index contributed by atoms with van der Waals surface area (Å²) in [5, 5.41) is 2.78. The maximum absolute atomic E-state index is 13.7. The highest BCUT2D eigenvalue weighted by atomic mass is 19.3. The van der Waals surface area contributed by atoms with E-state index in [1.807, 2.05) is 19.1 Å². The number of hydrogen-bond donors (Lipinski definition) is 1. The van der Waals surface area contributed by atoms with Crippen molar-refractivity contribution in [1.82, 2.24) is 9.55 Å². The molecular formula is C27H28F2N4O3. The second-order valence-electron chi connectivity index (χ2n) is 9.63. The molecule has 1 N–H and O–H groups in total. The van der Waals surface area contributed by atoms with Gasteiger partial charge in [-0.3, -0.25) is 19.1 Å².